The molecule has 1 heterocycles. The number of hydrogen-bond acceptors (Lipinski definition) is 6. The Kier molecular flexibility index (Phi) is 3.80. The third-order valence-electron chi connectivity index (χ3n) is 27.1. The molecule has 0 saturated carbocycles. The number of benzene rings is 18. The van der Waals surface area contributed by atoms with Crippen LogP contribution in [0.15, 0.2) is 0 Å². The first-order valence-corrected chi connectivity index (χ1v) is 30.5. The van der Waals surface area contributed by atoms with Crippen molar-refractivity contribution in [2.75, 3.05) is 59.8 Å². The zero-order chi connectivity index (χ0) is 50.9. The molecule has 28 aromatic rings. The van der Waals surface area contributed by atoms with Gasteiger partial charge in [-0.15, -0.1) is 0 Å². The summed E-state index contributed by atoms with van der Waals surface area (Å²) in [5, 5.41) is 90.2. The average molecular weight is 1040 g/mol. The lowest BCUT2D eigenvalue weighted by Crippen LogP contribution is -2.56. The minimum Gasteiger partial charge on any atom is -0.444 e. The highest BCUT2D eigenvalue weighted by Crippen LogP contribution is 2.86. The molecule has 82 heavy (non-hydrogen) atoms. The third kappa shape index (κ3) is 2.23. The van der Waals surface area contributed by atoms with Gasteiger partial charge in [-0.1, -0.05) is 0 Å². The number of amides is 1. The van der Waals surface area contributed by atoms with E-state index in [0.717, 1.165) is 6.54 Å². The second kappa shape index (κ2) is 8.80. The summed E-state index contributed by atoms with van der Waals surface area (Å²) in [4.78, 5) is 16.7. The number of hydrogen-bond donors (Lipinski definition) is 1. The highest BCUT2D eigenvalue weighted by molar-refractivity contribution is 6.82. The maximum atomic E-state index is 13.8. The second-order valence-corrected chi connectivity index (χ2v) is 29.6. The standard InChI is InChI=1S/C75H30N2O5/c1-73(2,3)82-72(78)76-5-6-77-12-74-68-60-52-42-32-24-16-14-15-18-22-20(16)28-36-30(22)40-34-26(18)27-19(15)23-21-17(14)25(24)33-39-29(21)37-31(23)41-35(27)45-44(34)56-50(40)58-48(36)54(46(52)38(28)32)62(68)64(58)70-66(56)67-57(45)51(41)59-49(37)55-47(39)53(43(33)42)61(60)69(74)63(55)65(59)71(67)75(70,74)13(77)11-81-10-9-80-8-7-79-4/h13H,5-12H2,1-4H3,(H,76,78). The number of alkyl carbamates (subject to hydrolysis) is 1. The minimum absolute atomic E-state index is 0.0531. The van der Waals surface area contributed by atoms with Crippen molar-refractivity contribution in [1.82, 2.24) is 10.2 Å². The van der Waals surface area contributed by atoms with Gasteiger partial charge < -0.3 is 24.3 Å². The van der Waals surface area contributed by atoms with Gasteiger partial charge in [-0.3, -0.25) is 4.90 Å². The topological polar surface area (TPSA) is 69.3 Å². The molecule has 5 aliphatic rings. The molecular formula is C75H30N2O5. The lowest BCUT2D eigenvalue weighted by Gasteiger charge is -2.52. The molecule has 28 aromatic carbocycles. The number of carbonyl (C=O) groups excluding carboxylic acids is 1. The van der Waals surface area contributed by atoms with Crippen LogP contribution in [-0.4, -0.2) is 82.4 Å². The van der Waals surface area contributed by atoms with Gasteiger partial charge >= 0.3 is 6.09 Å². The van der Waals surface area contributed by atoms with Crippen molar-refractivity contribution in [2.45, 2.75) is 43.2 Å². The van der Waals surface area contributed by atoms with Crippen LogP contribution in [0.25, 0.3) is 291 Å². The summed E-state index contributed by atoms with van der Waals surface area (Å²) in [6, 6.07) is -0.0531. The number of rotatable bonds is 11. The maximum absolute atomic E-state index is 13.8. The van der Waals surface area contributed by atoms with Gasteiger partial charge in [0.25, 0.3) is 0 Å². The van der Waals surface area contributed by atoms with Gasteiger partial charge in [0.05, 0.1) is 43.9 Å². The monoisotopic (exact) mass is 1040 g/mol. The lowest BCUT2D eigenvalue weighted by atomic mass is 9.48. The first-order chi connectivity index (χ1) is 40.4. The van der Waals surface area contributed by atoms with Crippen LogP contribution in [-0.2, 0) is 29.8 Å². The molecule has 1 atom stereocenters. The molecule has 7 heteroatoms. The summed E-state index contributed by atoms with van der Waals surface area (Å²) >= 11 is 0. The van der Waals surface area contributed by atoms with Crippen LogP contribution in [0.3, 0.4) is 0 Å². The van der Waals surface area contributed by atoms with Crippen molar-refractivity contribution in [3.63, 3.8) is 0 Å². The number of likely N-dealkylation sites (tertiary alicyclic amines) is 1. The largest absolute Gasteiger partial charge is 0.444 e. The Hall–Kier alpha value is -8.43. The molecule has 7 nitrogen and oxygen atoms in total. The first kappa shape index (κ1) is 35.4. The SMILES string of the molecule is COCCOCCOCC1N(CCNC(=O)OC(C)(C)C)CC23c4c5c6c7c8c9c(c%10c%11c2c2c4c4c%12c5c5c6c6c8c8c%13c9c9c%10c%10c%11c%11c2c2c4c4c%12c%12c5c5c6c8c6c8c%13c9c9c%10c%10c%11c2c2c4c4c%12c5c6c5c8c9c%10c2c45)C713. The van der Waals surface area contributed by atoms with Gasteiger partial charge in [0, 0.05) is 32.8 Å². The normalized spacial score (nSPS) is 22.3. The lowest BCUT2D eigenvalue weighted by molar-refractivity contribution is 0.00503. The summed E-state index contributed by atoms with van der Waals surface area (Å²) in [5.41, 5.74) is 5.09. The quantitative estimate of drug-likeness (QED) is 0.103. The zero-order valence-electron chi connectivity index (χ0n) is 44.2. The van der Waals surface area contributed by atoms with Crippen molar-refractivity contribution in [1.29, 1.82) is 0 Å². The minimum atomic E-state index is -0.597. The van der Waals surface area contributed by atoms with E-state index in [0.29, 0.717) is 46.1 Å². The van der Waals surface area contributed by atoms with Crippen LogP contribution in [0.4, 0.5) is 4.79 Å². The van der Waals surface area contributed by atoms with E-state index < -0.39 is 16.4 Å². The van der Waals surface area contributed by atoms with Crippen LogP contribution in [0, 0.1) is 0 Å². The number of nitrogens with zero attached hydrogens (tertiary/aromatic N) is 1. The van der Waals surface area contributed by atoms with E-state index in [9.17, 15) is 4.79 Å². The van der Waals surface area contributed by atoms with Gasteiger partial charge in [0.1, 0.15) is 5.60 Å². The Morgan fingerprint density at radius 3 is 0.927 bits per heavy atom. The molecule has 1 aliphatic heterocycles. The third-order valence-corrected chi connectivity index (χ3v) is 27.1. The molecule has 4 aliphatic carbocycles. The molecule has 1 amide bonds. The van der Waals surface area contributed by atoms with Crippen molar-refractivity contribution < 1.29 is 23.7 Å². The molecule has 0 bridgehead atoms. The fraction of sp³-hybridized carbons (Fsp3) is 0.213. The van der Waals surface area contributed by atoms with E-state index in [4.69, 9.17) is 18.9 Å². The first-order valence-electron chi connectivity index (χ1n) is 30.5. The number of nitrogens with one attached hydrogen (secondary N) is 1. The zero-order valence-corrected chi connectivity index (χ0v) is 44.2. The Morgan fingerprint density at radius 1 is 0.390 bits per heavy atom. The smallest absolute Gasteiger partial charge is 0.407 e. The van der Waals surface area contributed by atoms with Crippen LogP contribution >= 0.6 is 0 Å². The van der Waals surface area contributed by atoms with Gasteiger partial charge in [-0.05, 0) is 334 Å². The molecule has 33 rings (SSSR count). The summed E-state index contributed by atoms with van der Waals surface area (Å²) in [6.45, 7) is 10.6. The number of carbonyl (C=O) groups is 1. The highest BCUT2D eigenvalue weighted by atomic mass is 16.6. The molecule has 2 spiro atoms. The van der Waals surface area contributed by atoms with Crippen LogP contribution in [0.5, 0.6) is 0 Å². The maximum Gasteiger partial charge on any atom is 0.407 e. The summed E-state index contributed by atoms with van der Waals surface area (Å²) in [7, 11) is 1.74. The molecule has 1 N–H and O–H groups in total. The van der Waals surface area contributed by atoms with Crippen LogP contribution in [0.1, 0.15) is 43.0 Å². The summed E-state index contributed by atoms with van der Waals surface area (Å²) < 4.78 is 25.0. The van der Waals surface area contributed by atoms with Crippen molar-refractivity contribution >= 4 is 297 Å². The van der Waals surface area contributed by atoms with E-state index >= 15 is 0 Å². The molecule has 1 saturated heterocycles. The van der Waals surface area contributed by atoms with Gasteiger partial charge in [-0.2, -0.15) is 0 Å². The van der Waals surface area contributed by atoms with Gasteiger partial charge in [-0.25, -0.2) is 4.79 Å². The van der Waals surface area contributed by atoms with E-state index in [2.05, 4.69) is 10.2 Å². The Morgan fingerprint density at radius 2 is 0.646 bits per heavy atom. The fourth-order valence-corrected chi connectivity index (χ4v) is 26.7. The number of ether oxygens (including phenoxy) is 4. The Labute approximate surface area is 453 Å². The second-order valence-electron chi connectivity index (χ2n) is 29.6. The molecular weight excluding hydrogens is 1010 g/mol. The van der Waals surface area contributed by atoms with E-state index in [1.165, 1.54) is 0 Å². The molecule has 1 fully saturated rings. The summed E-state index contributed by atoms with van der Waals surface area (Å²) in [5.74, 6) is 0. The van der Waals surface area contributed by atoms with E-state index in [-0.39, 0.29) is 12.1 Å². The predicted octanol–water partition coefficient (Wildman–Crippen LogP) is 17.2. The molecule has 0 aromatic heterocycles. The van der Waals surface area contributed by atoms with Crippen LogP contribution in [0.2, 0.25) is 0 Å². The van der Waals surface area contributed by atoms with Crippen molar-refractivity contribution in [2.24, 2.45) is 0 Å². The van der Waals surface area contributed by atoms with Gasteiger partial charge in [0.15, 0.2) is 0 Å². The van der Waals surface area contributed by atoms with Crippen molar-refractivity contribution in [3.05, 3.63) is 22.3 Å². The Balaban J connectivity index is 0.938. The highest BCUT2D eigenvalue weighted by Gasteiger charge is 2.76. The summed E-state index contributed by atoms with van der Waals surface area (Å²) in [6.07, 6.45) is -0.348. The molecule has 370 valence electrons. The average Bonchev–Trinajstić information content (AvgIpc) is 1.40. The Bertz CT molecular complexity index is 7330. The molecule has 1 unspecified atom stereocenters. The number of methoxy groups -OCH3 is 1. The van der Waals surface area contributed by atoms with Crippen LogP contribution < -0.4 is 5.32 Å². The van der Waals surface area contributed by atoms with E-state index in [1.807, 2.05) is 20.8 Å². The fourth-order valence-electron chi connectivity index (χ4n) is 26.7. The van der Waals surface area contributed by atoms with Gasteiger partial charge in [0.2, 0.25) is 0 Å². The predicted molar refractivity (Wildman–Crippen MR) is 337 cm³/mol. The molecule has 0 radical (unpaired) electrons. The van der Waals surface area contributed by atoms with E-state index in [1.54, 1.807) is 320 Å². The van der Waals surface area contributed by atoms with Crippen molar-refractivity contribution in [3.8, 4) is 0 Å².